The van der Waals surface area contributed by atoms with Gasteiger partial charge in [-0.1, -0.05) is 24.3 Å². The standard InChI is InChI=1S/C17H15F3N4O/c1-23(11-15-22-21-14-7-2-3-8-24(14)15)16(25)10-12-5-4-6-13(9-12)17(18,19)20/h2-9H,10-11H2,1H3. The Bertz CT molecular complexity index is 904. The first kappa shape index (κ1) is 16.9. The minimum Gasteiger partial charge on any atom is -0.338 e. The number of fused-ring (bicyclic) bond motifs is 1. The maximum absolute atomic E-state index is 12.8. The molecule has 0 aliphatic rings. The molecule has 25 heavy (non-hydrogen) atoms. The molecular weight excluding hydrogens is 333 g/mol. The molecule has 0 radical (unpaired) electrons. The summed E-state index contributed by atoms with van der Waals surface area (Å²) in [6, 6.07) is 10.2. The van der Waals surface area contributed by atoms with Gasteiger partial charge in [0.25, 0.3) is 0 Å². The molecule has 0 aliphatic carbocycles. The van der Waals surface area contributed by atoms with Crippen LogP contribution in [-0.2, 0) is 23.9 Å². The van der Waals surface area contributed by atoms with Gasteiger partial charge in [-0.05, 0) is 23.8 Å². The van der Waals surface area contributed by atoms with E-state index in [0.717, 1.165) is 12.1 Å². The maximum atomic E-state index is 12.8. The van der Waals surface area contributed by atoms with E-state index >= 15 is 0 Å². The Morgan fingerprint density at radius 3 is 2.72 bits per heavy atom. The highest BCUT2D eigenvalue weighted by atomic mass is 19.4. The average molecular weight is 348 g/mol. The lowest BCUT2D eigenvalue weighted by molar-refractivity contribution is -0.138. The number of nitrogens with zero attached hydrogens (tertiary/aromatic N) is 4. The second-order valence-electron chi connectivity index (χ2n) is 5.67. The second-order valence-corrected chi connectivity index (χ2v) is 5.67. The van der Waals surface area contributed by atoms with Crippen molar-refractivity contribution in [1.82, 2.24) is 19.5 Å². The lowest BCUT2D eigenvalue weighted by Gasteiger charge is -2.16. The van der Waals surface area contributed by atoms with Crippen molar-refractivity contribution in [2.75, 3.05) is 7.05 Å². The van der Waals surface area contributed by atoms with Crippen molar-refractivity contribution in [3.63, 3.8) is 0 Å². The zero-order valence-corrected chi connectivity index (χ0v) is 13.4. The highest BCUT2D eigenvalue weighted by Gasteiger charge is 2.30. The fourth-order valence-electron chi connectivity index (χ4n) is 2.47. The number of pyridine rings is 1. The van der Waals surface area contributed by atoms with E-state index in [2.05, 4.69) is 10.2 Å². The number of rotatable bonds is 4. The van der Waals surface area contributed by atoms with Crippen LogP contribution in [-0.4, -0.2) is 32.5 Å². The lowest BCUT2D eigenvalue weighted by atomic mass is 10.1. The number of hydrogen-bond acceptors (Lipinski definition) is 3. The predicted molar refractivity (Wildman–Crippen MR) is 84.6 cm³/mol. The third-order valence-electron chi connectivity index (χ3n) is 3.80. The molecule has 1 aromatic carbocycles. The van der Waals surface area contributed by atoms with E-state index in [1.807, 2.05) is 12.1 Å². The van der Waals surface area contributed by atoms with E-state index < -0.39 is 11.7 Å². The van der Waals surface area contributed by atoms with Crippen LogP contribution in [0.5, 0.6) is 0 Å². The first-order chi connectivity index (χ1) is 11.8. The molecule has 2 heterocycles. The Hall–Kier alpha value is -2.90. The number of likely N-dealkylation sites (N-methyl/N-ethyl adjacent to an activating group) is 1. The van der Waals surface area contributed by atoms with Crippen molar-refractivity contribution in [2.24, 2.45) is 0 Å². The van der Waals surface area contributed by atoms with Crippen LogP contribution in [0.2, 0.25) is 0 Å². The molecule has 3 rings (SSSR count). The van der Waals surface area contributed by atoms with Gasteiger partial charge in [0, 0.05) is 13.2 Å². The molecule has 5 nitrogen and oxygen atoms in total. The molecule has 3 aromatic rings. The summed E-state index contributed by atoms with van der Waals surface area (Å²) in [6.07, 6.45) is -2.75. The monoisotopic (exact) mass is 348 g/mol. The first-order valence-corrected chi connectivity index (χ1v) is 7.53. The van der Waals surface area contributed by atoms with Crippen LogP contribution in [0, 0.1) is 0 Å². The number of benzene rings is 1. The van der Waals surface area contributed by atoms with Crippen LogP contribution >= 0.6 is 0 Å². The summed E-state index contributed by atoms with van der Waals surface area (Å²) in [4.78, 5) is 13.7. The van der Waals surface area contributed by atoms with Gasteiger partial charge in [-0.25, -0.2) is 0 Å². The Labute approximate surface area is 141 Å². The van der Waals surface area contributed by atoms with Gasteiger partial charge in [-0.3, -0.25) is 9.20 Å². The van der Waals surface area contributed by atoms with Gasteiger partial charge in [0.15, 0.2) is 11.5 Å². The number of hydrogen-bond donors (Lipinski definition) is 0. The largest absolute Gasteiger partial charge is 0.416 e. The summed E-state index contributed by atoms with van der Waals surface area (Å²) >= 11 is 0. The third kappa shape index (κ3) is 3.78. The van der Waals surface area contributed by atoms with Gasteiger partial charge in [0.1, 0.15) is 0 Å². The van der Waals surface area contributed by atoms with Crippen LogP contribution < -0.4 is 0 Å². The lowest BCUT2D eigenvalue weighted by Crippen LogP contribution is -2.28. The number of halogens is 3. The van der Waals surface area contributed by atoms with Crippen molar-refractivity contribution >= 4 is 11.6 Å². The smallest absolute Gasteiger partial charge is 0.338 e. The van der Waals surface area contributed by atoms with Gasteiger partial charge < -0.3 is 4.90 Å². The number of carbonyl (C=O) groups is 1. The van der Waals surface area contributed by atoms with E-state index in [1.54, 1.807) is 23.7 Å². The number of carbonyl (C=O) groups excluding carboxylic acids is 1. The Morgan fingerprint density at radius 1 is 1.16 bits per heavy atom. The van der Waals surface area contributed by atoms with E-state index in [-0.39, 0.29) is 18.9 Å². The van der Waals surface area contributed by atoms with Crippen LogP contribution in [0.15, 0.2) is 48.7 Å². The quantitative estimate of drug-likeness (QED) is 0.728. The highest BCUT2D eigenvalue weighted by molar-refractivity contribution is 5.78. The molecule has 0 spiro atoms. The summed E-state index contributed by atoms with van der Waals surface area (Å²) < 4.78 is 40.0. The summed E-state index contributed by atoms with van der Waals surface area (Å²) in [5.41, 5.74) is 0.220. The normalized spacial score (nSPS) is 11.7. The van der Waals surface area contributed by atoms with Crippen LogP contribution in [0.1, 0.15) is 17.0 Å². The van der Waals surface area contributed by atoms with Crippen LogP contribution in [0.3, 0.4) is 0 Å². The zero-order valence-electron chi connectivity index (χ0n) is 13.4. The Morgan fingerprint density at radius 2 is 1.96 bits per heavy atom. The first-order valence-electron chi connectivity index (χ1n) is 7.53. The van der Waals surface area contributed by atoms with Crippen molar-refractivity contribution in [3.8, 4) is 0 Å². The molecule has 0 atom stereocenters. The van der Waals surface area contributed by atoms with Crippen LogP contribution in [0.4, 0.5) is 13.2 Å². The zero-order chi connectivity index (χ0) is 18.0. The SMILES string of the molecule is CN(Cc1nnc2ccccn12)C(=O)Cc1cccc(C(F)(F)F)c1. The van der Waals surface area contributed by atoms with Gasteiger partial charge in [-0.15, -0.1) is 10.2 Å². The molecule has 0 unspecified atom stereocenters. The van der Waals surface area contributed by atoms with Crippen molar-refractivity contribution < 1.29 is 18.0 Å². The van der Waals surface area contributed by atoms with E-state index in [0.29, 0.717) is 17.0 Å². The van der Waals surface area contributed by atoms with Gasteiger partial charge in [0.2, 0.25) is 5.91 Å². The molecule has 0 fully saturated rings. The number of amides is 1. The Kier molecular flexibility index (Phi) is 4.43. The topological polar surface area (TPSA) is 50.5 Å². The van der Waals surface area contributed by atoms with Crippen LogP contribution in [0.25, 0.3) is 5.65 Å². The fraction of sp³-hybridized carbons (Fsp3) is 0.235. The van der Waals surface area contributed by atoms with Gasteiger partial charge in [-0.2, -0.15) is 13.2 Å². The molecular formula is C17H15F3N4O. The van der Waals surface area contributed by atoms with Crippen molar-refractivity contribution in [3.05, 3.63) is 65.6 Å². The highest BCUT2D eigenvalue weighted by Crippen LogP contribution is 2.29. The molecule has 0 saturated carbocycles. The minimum atomic E-state index is -4.43. The second kappa shape index (κ2) is 6.54. The molecule has 0 bridgehead atoms. The molecule has 130 valence electrons. The number of alkyl halides is 3. The van der Waals surface area contributed by atoms with Gasteiger partial charge >= 0.3 is 6.18 Å². The fourth-order valence-corrected chi connectivity index (χ4v) is 2.47. The average Bonchev–Trinajstić information content (AvgIpc) is 2.97. The van der Waals surface area contributed by atoms with Gasteiger partial charge in [0.05, 0.1) is 18.5 Å². The van der Waals surface area contributed by atoms with E-state index in [1.165, 1.54) is 17.0 Å². The third-order valence-corrected chi connectivity index (χ3v) is 3.80. The minimum absolute atomic E-state index is 0.114. The summed E-state index contributed by atoms with van der Waals surface area (Å²) in [5, 5.41) is 8.05. The summed E-state index contributed by atoms with van der Waals surface area (Å²) in [6.45, 7) is 0.211. The molecule has 1 amide bonds. The predicted octanol–water partition coefficient (Wildman–Crippen LogP) is 2.95. The Balaban J connectivity index is 1.71. The maximum Gasteiger partial charge on any atom is 0.416 e. The molecule has 2 aromatic heterocycles. The summed E-state index contributed by atoms with van der Waals surface area (Å²) in [5.74, 6) is 0.280. The number of aromatic nitrogens is 3. The molecule has 0 aliphatic heterocycles. The van der Waals surface area contributed by atoms with Crippen molar-refractivity contribution in [2.45, 2.75) is 19.1 Å². The molecule has 0 saturated heterocycles. The van der Waals surface area contributed by atoms with Crippen molar-refractivity contribution in [1.29, 1.82) is 0 Å². The molecule has 0 N–H and O–H groups in total. The summed E-state index contributed by atoms with van der Waals surface area (Å²) in [7, 11) is 1.58. The van der Waals surface area contributed by atoms with E-state index in [9.17, 15) is 18.0 Å². The van der Waals surface area contributed by atoms with E-state index in [4.69, 9.17) is 0 Å². The molecule has 8 heteroatoms.